The van der Waals surface area contributed by atoms with E-state index >= 15 is 0 Å². The molecule has 0 unspecified atom stereocenters. The van der Waals surface area contributed by atoms with Gasteiger partial charge in [-0.15, -0.1) is 0 Å². The maximum Gasteiger partial charge on any atom is 0.118 e. The first-order chi connectivity index (χ1) is 8.24. The maximum atomic E-state index is 9.24. The Hall–Kier alpha value is -1.28. The van der Waals surface area contributed by atoms with Crippen LogP contribution in [0.25, 0.3) is 5.57 Å². The second kappa shape index (κ2) is 5.37. The van der Waals surface area contributed by atoms with Crippen LogP contribution in [0, 0.1) is 11.8 Å². The third kappa shape index (κ3) is 2.70. The average molecular weight is 232 g/mol. The zero-order valence-corrected chi connectivity index (χ0v) is 10.5. The van der Waals surface area contributed by atoms with Gasteiger partial charge in [0.05, 0.1) is 7.11 Å². The molecule has 0 heterocycles. The number of aliphatic hydroxyl groups is 1. The van der Waals surface area contributed by atoms with Gasteiger partial charge >= 0.3 is 0 Å². The predicted octanol–water partition coefficient (Wildman–Crippen LogP) is 3.12. The molecule has 0 spiro atoms. The average Bonchev–Trinajstić information content (AvgIpc) is 2.39. The lowest BCUT2D eigenvalue weighted by Gasteiger charge is -2.27. The van der Waals surface area contributed by atoms with Gasteiger partial charge < -0.3 is 9.84 Å². The van der Waals surface area contributed by atoms with Crippen molar-refractivity contribution >= 4 is 5.57 Å². The van der Waals surface area contributed by atoms with E-state index in [0.29, 0.717) is 18.4 Å². The Morgan fingerprint density at radius 1 is 1.29 bits per heavy atom. The van der Waals surface area contributed by atoms with Gasteiger partial charge in [-0.05, 0) is 47.9 Å². The molecule has 0 fully saturated rings. The molecular formula is C15H20O2. The Morgan fingerprint density at radius 2 is 2.00 bits per heavy atom. The Morgan fingerprint density at radius 3 is 2.53 bits per heavy atom. The smallest absolute Gasteiger partial charge is 0.118 e. The molecule has 0 bridgehead atoms. The van der Waals surface area contributed by atoms with Gasteiger partial charge in [0.2, 0.25) is 0 Å². The van der Waals surface area contributed by atoms with Gasteiger partial charge in [0.15, 0.2) is 0 Å². The van der Waals surface area contributed by atoms with Crippen LogP contribution >= 0.6 is 0 Å². The SMILES string of the molecule is COc1ccc(C2=CC[C@@H](CO)[C@@H](C)C2)cc1. The molecule has 0 aromatic heterocycles. The summed E-state index contributed by atoms with van der Waals surface area (Å²) in [7, 11) is 1.68. The summed E-state index contributed by atoms with van der Waals surface area (Å²) in [5, 5.41) is 9.24. The number of aliphatic hydroxyl groups excluding tert-OH is 1. The van der Waals surface area contributed by atoms with Crippen molar-refractivity contribution in [3.63, 3.8) is 0 Å². The van der Waals surface area contributed by atoms with Gasteiger partial charge in [0.1, 0.15) is 5.75 Å². The molecule has 1 N–H and O–H groups in total. The lowest BCUT2D eigenvalue weighted by Crippen LogP contribution is -2.19. The number of hydrogen-bond acceptors (Lipinski definition) is 2. The van der Waals surface area contributed by atoms with Crippen molar-refractivity contribution in [3.8, 4) is 5.75 Å². The van der Waals surface area contributed by atoms with Crippen LogP contribution in [0.1, 0.15) is 25.3 Å². The fourth-order valence-corrected chi connectivity index (χ4v) is 2.42. The number of hydrogen-bond donors (Lipinski definition) is 1. The van der Waals surface area contributed by atoms with Crippen molar-refractivity contribution in [1.82, 2.24) is 0 Å². The number of allylic oxidation sites excluding steroid dienone is 2. The zero-order chi connectivity index (χ0) is 12.3. The van der Waals surface area contributed by atoms with Crippen LogP contribution in [0.4, 0.5) is 0 Å². The second-order valence-electron chi connectivity index (χ2n) is 4.82. The standard InChI is InChI=1S/C15H20O2/c1-11-9-13(3-4-14(11)10-16)12-5-7-15(17-2)8-6-12/h3,5-8,11,14,16H,4,9-10H2,1-2H3/t11-,14-/m0/s1. The largest absolute Gasteiger partial charge is 0.497 e. The summed E-state index contributed by atoms with van der Waals surface area (Å²) in [5.41, 5.74) is 2.67. The summed E-state index contributed by atoms with van der Waals surface area (Å²) >= 11 is 0. The van der Waals surface area contributed by atoms with Crippen molar-refractivity contribution in [2.24, 2.45) is 11.8 Å². The van der Waals surface area contributed by atoms with E-state index in [2.05, 4.69) is 25.1 Å². The van der Waals surface area contributed by atoms with Gasteiger partial charge in [-0.1, -0.05) is 25.1 Å². The maximum absolute atomic E-state index is 9.24. The summed E-state index contributed by atoms with van der Waals surface area (Å²) < 4.78 is 5.16. The van der Waals surface area contributed by atoms with Crippen LogP contribution in [0.5, 0.6) is 5.75 Å². The van der Waals surface area contributed by atoms with Crippen LogP contribution in [0.3, 0.4) is 0 Å². The lowest BCUT2D eigenvalue weighted by molar-refractivity contribution is 0.181. The monoisotopic (exact) mass is 232 g/mol. The molecule has 0 saturated heterocycles. The number of ether oxygens (including phenoxy) is 1. The highest BCUT2D eigenvalue weighted by Gasteiger charge is 2.21. The Balaban J connectivity index is 2.14. The molecule has 92 valence electrons. The fraction of sp³-hybridized carbons (Fsp3) is 0.467. The third-order valence-corrected chi connectivity index (χ3v) is 3.71. The zero-order valence-electron chi connectivity index (χ0n) is 10.5. The molecule has 1 aliphatic carbocycles. The molecule has 2 rings (SSSR count). The molecule has 0 saturated carbocycles. The Bertz CT molecular complexity index is 392. The van der Waals surface area contributed by atoms with Gasteiger partial charge in [-0.2, -0.15) is 0 Å². The Kier molecular flexibility index (Phi) is 3.85. The first kappa shape index (κ1) is 12.2. The molecule has 0 aliphatic heterocycles. The minimum atomic E-state index is 0.299. The van der Waals surface area contributed by atoms with Crippen molar-refractivity contribution in [2.75, 3.05) is 13.7 Å². The van der Waals surface area contributed by atoms with Crippen molar-refractivity contribution in [2.45, 2.75) is 19.8 Å². The molecule has 17 heavy (non-hydrogen) atoms. The minimum absolute atomic E-state index is 0.299. The molecule has 0 radical (unpaired) electrons. The molecule has 0 amide bonds. The highest BCUT2D eigenvalue weighted by atomic mass is 16.5. The first-order valence-electron chi connectivity index (χ1n) is 6.19. The van der Waals surface area contributed by atoms with Gasteiger partial charge in [-0.25, -0.2) is 0 Å². The van der Waals surface area contributed by atoms with E-state index in [0.717, 1.165) is 18.6 Å². The van der Waals surface area contributed by atoms with E-state index < -0.39 is 0 Å². The quantitative estimate of drug-likeness (QED) is 0.867. The van der Waals surface area contributed by atoms with Crippen LogP contribution < -0.4 is 4.74 Å². The van der Waals surface area contributed by atoms with E-state index in [1.807, 2.05) is 12.1 Å². The summed E-state index contributed by atoms with van der Waals surface area (Å²) in [6.45, 7) is 2.52. The summed E-state index contributed by atoms with van der Waals surface area (Å²) in [6, 6.07) is 8.21. The van der Waals surface area contributed by atoms with Gasteiger partial charge in [-0.3, -0.25) is 0 Å². The number of methoxy groups -OCH3 is 1. The lowest BCUT2D eigenvalue weighted by atomic mass is 9.79. The molecular weight excluding hydrogens is 212 g/mol. The molecule has 1 aromatic carbocycles. The van der Waals surface area contributed by atoms with Crippen molar-refractivity contribution in [3.05, 3.63) is 35.9 Å². The van der Waals surface area contributed by atoms with Gasteiger partial charge in [0, 0.05) is 6.61 Å². The highest BCUT2D eigenvalue weighted by molar-refractivity contribution is 5.67. The van der Waals surface area contributed by atoms with Crippen LogP contribution in [-0.4, -0.2) is 18.8 Å². The predicted molar refractivity (Wildman–Crippen MR) is 69.9 cm³/mol. The van der Waals surface area contributed by atoms with E-state index in [4.69, 9.17) is 4.74 Å². The normalized spacial score (nSPS) is 24.3. The molecule has 2 heteroatoms. The van der Waals surface area contributed by atoms with Crippen molar-refractivity contribution < 1.29 is 9.84 Å². The minimum Gasteiger partial charge on any atom is -0.497 e. The number of rotatable bonds is 3. The van der Waals surface area contributed by atoms with Gasteiger partial charge in [0.25, 0.3) is 0 Å². The topological polar surface area (TPSA) is 29.5 Å². The summed E-state index contributed by atoms with van der Waals surface area (Å²) in [4.78, 5) is 0. The van der Waals surface area contributed by atoms with E-state index in [9.17, 15) is 5.11 Å². The third-order valence-electron chi connectivity index (χ3n) is 3.71. The van der Waals surface area contributed by atoms with E-state index in [-0.39, 0.29) is 0 Å². The molecule has 1 aliphatic rings. The van der Waals surface area contributed by atoms with E-state index in [1.165, 1.54) is 11.1 Å². The van der Waals surface area contributed by atoms with Crippen LogP contribution in [0.15, 0.2) is 30.3 Å². The molecule has 2 nitrogen and oxygen atoms in total. The molecule has 2 atom stereocenters. The summed E-state index contributed by atoms with van der Waals surface area (Å²) in [6.07, 6.45) is 4.30. The second-order valence-corrected chi connectivity index (χ2v) is 4.82. The molecule has 1 aromatic rings. The first-order valence-corrected chi connectivity index (χ1v) is 6.19. The van der Waals surface area contributed by atoms with Crippen molar-refractivity contribution in [1.29, 1.82) is 0 Å². The van der Waals surface area contributed by atoms with E-state index in [1.54, 1.807) is 7.11 Å². The summed E-state index contributed by atoms with van der Waals surface area (Å²) in [5.74, 6) is 1.88. The highest BCUT2D eigenvalue weighted by Crippen LogP contribution is 2.34. The Labute approximate surface area is 103 Å². The number of benzene rings is 1. The fourth-order valence-electron chi connectivity index (χ4n) is 2.42. The van der Waals surface area contributed by atoms with Crippen LogP contribution in [-0.2, 0) is 0 Å². The van der Waals surface area contributed by atoms with Crippen LogP contribution in [0.2, 0.25) is 0 Å².